The van der Waals surface area contributed by atoms with Crippen LogP contribution < -0.4 is 16.2 Å². The van der Waals surface area contributed by atoms with Gasteiger partial charge in [-0.15, -0.1) is 0 Å². The normalized spacial score (nSPS) is 19.0. The second kappa shape index (κ2) is 6.60. The van der Waals surface area contributed by atoms with Gasteiger partial charge in [0, 0.05) is 32.3 Å². The summed E-state index contributed by atoms with van der Waals surface area (Å²) >= 11 is 0. The summed E-state index contributed by atoms with van der Waals surface area (Å²) in [5.41, 5.74) is 5.45. The van der Waals surface area contributed by atoms with Crippen molar-refractivity contribution in [3.63, 3.8) is 0 Å². The first kappa shape index (κ1) is 17.9. The van der Waals surface area contributed by atoms with Gasteiger partial charge < -0.3 is 15.4 Å². The van der Waals surface area contributed by atoms with Gasteiger partial charge in [-0.05, 0) is 30.7 Å². The summed E-state index contributed by atoms with van der Waals surface area (Å²) in [5, 5.41) is 0. The summed E-state index contributed by atoms with van der Waals surface area (Å²) < 4.78 is 34.7. The maximum atomic E-state index is 14.2. The van der Waals surface area contributed by atoms with Gasteiger partial charge in [0.1, 0.15) is 5.82 Å². The SMILES string of the molecule is Cn1c(N2CCC3(CCOC3)CC2)nc(N)c(-c2cccc(F)c2F)c1=O. The Balaban J connectivity index is 1.69. The number of rotatable bonds is 2. The summed E-state index contributed by atoms with van der Waals surface area (Å²) in [5.74, 6) is -1.77. The molecule has 2 aliphatic heterocycles. The highest BCUT2D eigenvalue weighted by Gasteiger charge is 2.38. The smallest absolute Gasteiger partial charge is 0.264 e. The highest BCUT2D eigenvalue weighted by molar-refractivity contribution is 5.74. The summed E-state index contributed by atoms with van der Waals surface area (Å²) in [7, 11) is 1.58. The molecule has 2 aromatic rings. The number of halogens is 2. The minimum atomic E-state index is -1.10. The first-order chi connectivity index (χ1) is 12.9. The van der Waals surface area contributed by atoms with Crippen molar-refractivity contribution < 1.29 is 13.5 Å². The average molecular weight is 376 g/mol. The number of nitrogens with two attached hydrogens (primary N) is 1. The first-order valence-electron chi connectivity index (χ1n) is 9.05. The molecular formula is C19H22F2N4O2. The molecule has 6 nitrogen and oxygen atoms in total. The molecule has 0 aliphatic carbocycles. The van der Waals surface area contributed by atoms with E-state index in [0.29, 0.717) is 5.95 Å². The summed E-state index contributed by atoms with van der Waals surface area (Å²) in [6.07, 6.45) is 2.99. The van der Waals surface area contributed by atoms with E-state index in [1.165, 1.54) is 16.7 Å². The Kier molecular flexibility index (Phi) is 4.38. The second-order valence-corrected chi connectivity index (χ2v) is 7.43. The Morgan fingerprint density at radius 2 is 1.96 bits per heavy atom. The van der Waals surface area contributed by atoms with Gasteiger partial charge in [0.05, 0.1) is 12.2 Å². The van der Waals surface area contributed by atoms with E-state index in [1.807, 2.05) is 4.90 Å². The number of nitrogen functional groups attached to an aromatic ring is 1. The number of ether oxygens (including phenoxy) is 1. The van der Waals surface area contributed by atoms with E-state index < -0.39 is 17.2 Å². The molecule has 2 fully saturated rings. The Labute approximate surface area is 155 Å². The van der Waals surface area contributed by atoms with Crippen molar-refractivity contribution in [3.8, 4) is 11.1 Å². The fourth-order valence-electron chi connectivity index (χ4n) is 4.06. The molecule has 2 N–H and O–H groups in total. The van der Waals surface area contributed by atoms with Gasteiger partial charge in [0.15, 0.2) is 11.6 Å². The van der Waals surface area contributed by atoms with Crippen LogP contribution in [0.5, 0.6) is 0 Å². The van der Waals surface area contributed by atoms with Crippen LogP contribution in [-0.4, -0.2) is 35.9 Å². The molecule has 0 radical (unpaired) electrons. The Morgan fingerprint density at radius 1 is 1.22 bits per heavy atom. The Bertz CT molecular complexity index is 928. The number of hydrogen-bond acceptors (Lipinski definition) is 5. The van der Waals surface area contributed by atoms with Gasteiger partial charge in [-0.1, -0.05) is 12.1 Å². The predicted molar refractivity (Wildman–Crippen MR) is 98.6 cm³/mol. The van der Waals surface area contributed by atoms with E-state index in [2.05, 4.69) is 4.98 Å². The molecule has 1 aromatic heterocycles. The molecule has 2 saturated heterocycles. The minimum absolute atomic E-state index is 0.0953. The highest BCUT2D eigenvalue weighted by atomic mass is 19.2. The molecule has 4 rings (SSSR count). The lowest BCUT2D eigenvalue weighted by molar-refractivity contribution is 0.133. The van der Waals surface area contributed by atoms with Crippen LogP contribution >= 0.6 is 0 Å². The van der Waals surface area contributed by atoms with E-state index in [9.17, 15) is 13.6 Å². The molecule has 0 atom stereocenters. The third-order valence-electron chi connectivity index (χ3n) is 5.81. The van der Waals surface area contributed by atoms with Crippen molar-refractivity contribution in [1.82, 2.24) is 9.55 Å². The van der Waals surface area contributed by atoms with Crippen molar-refractivity contribution in [2.45, 2.75) is 19.3 Å². The zero-order chi connectivity index (χ0) is 19.2. The van der Waals surface area contributed by atoms with Crippen molar-refractivity contribution in [2.75, 3.05) is 36.9 Å². The van der Waals surface area contributed by atoms with Gasteiger partial charge in [-0.25, -0.2) is 8.78 Å². The quantitative estimate of drug-likeness (QED) is 0.871. The molecule has 2 aliphatic rings. The van der Waals surface area contributed by atoms with Gasteiger partial charge in [-0.2, -0.15) is 4.98 Å². The van der Waals surface area contributed by atoms with E-state index in [1.54, 1.807) is 7.05 Å². The molecular weight excluding hydrogens is 354 g/mol. The topological polar surface area (TPSA) is 73.4 Å². The molecule has 0 amide bonds. The van der Waals surface area contributed by atoms with Gasteiger partial charge in [0.2, 0.25) is 5.95 Å². The fraction of sp³-hybridized carbons (Fsp3) is 0.474. The first-order valence-corrected chi connectivity index (χ1v) is 9.05. The van der Waals surface area contributed by atoms with Crippen LogP contribution in [0.1, 0.15) is 19.3 Å². The largest absolute Gasteiger partial charge is 0.383 e. The van der Waals surface area contributed by atoms with Gasteiger partial charge in [0.25, 0.3) is 5.56 Å². The Morgan fingerprint density at radius 3 is 2.63 bits per heavy atom. The maximum absolute atomic E-state index is 14.2. The zero-order valence-electron chi connectivity index (χ0n) is 15.2. The van der Waals surface area contributed by atoms with Crippen LogP contribution in [0.4, 0.5) is 20.5 Å². The predicted octanol–water partition coefficient (Wildman–Crippen LogP) is 2.31. The fourth-order valence-corrected chi connectivity index (χ4v) is 4.06. The average Bonchev–Trinajstić information content (AvgIpc) is 3.11. The molecule has 0 unspecified atom stereocenters. The van der Waals surface area contributed by atoms with Crippen LogP contribution in [0.15, 0.2) is 23.0 Å². The van der Waals surface area contributed by atoms with Crippen molar-refractivity contribution in [1.29, 1.82) is 0 Å². The minimum Gasteiger partial charge on any atom is -0.383 e. The number of anilines is 2. The van der Waals surface area contributed by atoms with Gasteiger partial charge >= 0.3 is 0 Å². The summed E-state index contributed by atoms with van der Waals surface area (Å²) in [6, 6.07) is 3.67. The number of nitrogens with zero attached hydrogens (tertiary/aromatic N) is 3. The van der Waals surface area contributed by atoms with E-state index in [-0.39, 0.29) is 22.4 Å². The maximum Gasteiger partial charge on any atom is 0.264 e. The number of benzene rings is 1. The van der Waals surface area contributed by atoms with Crippen molar-refractivity contribution in [2.24, 2.45) is 12.5 Å². The summed E-state index contributed by atoms with van der Waals surface area (Å²) in [6.45, 7) is 3.08. The Hall–Kier alpha value is -2.48. The monoisotopic (exact) mass is 376 g/mol. The molecule has 1 spiro atoms. The highest BCUT2D eigenvalue weighted by Crippen LogP contribution is 2.40. The number of piperidine rings is 1. The van der Waals surface area contributed by atoms with Crippen molar-refractivity contribution in [3.05, 3.63) is 40.2 Å². The van der Waals surface area contributed by atoms with E-state index in [0.717, 1.165) is 51.6 Å². The lowest BCUT2D eigenvalue weighted by atomic mass is 9.78. The molecule has 8 heteroatoms. The molecule has 0 bridgehead atoms. The molecule has 0 saturated carbocycles. The molecule has 144 valence electrons. The van der Waals surface area contributed by atoms with Crippen LogP contribution in [0, 0.1) is 17.0 Å². The third-order valence-corrected chi connectivity index (χ3v) is 5.81. The number of hydrogen-bond donors (Lipinski definition) is 1. The van der Waals surface area contributed by atoms with Crippen LogP contribution in [0.3, 0.4) is 0 Å². The summed E-state index contributed by atoms with van der Waals surface area (Å²) in [4.78, 5) is 19.3. The lowest BCUT2D eigenvalue weighted by Crippen LogP contribution is -2.43. The third kappa shape index (κ3) is 2.97. The van der Waals surface area contributed by atoms with Crippen LogP contribution in [0.25, 0.3) is 11.1 Å². The number of aromatic nitrogens is 2. The van der Waals surface area contributed by atoms with Crippen molar-refractivity contribution >= 4 is 11.8 Å². The van der Waals surface area contributed by atoms with E-state index in [4.69, 9.17) is 10.5 Å². The zero-order valence-corrected chi connectivity index (χ0v) is 15.2. The second-order valence-electron chi connectivity index (χ2n) is 7.43. The molecule has 1 aromatic carbocycles. The van der Waals surface area contributed by atoms with Gasteiger partial charge in [-0.3, -0.25) is 9.36 Å². The van der Waals surface area contributed by atoms with Crippen LogP contribution in [-0.2, 0) is 11.8 Å². The molecule has 3 heterocycles. The lowest BCUT2D eigenvalue weighted by Gasteiger charge is -2.39. The van der Waals surface area contributed by atoms with E-state index >= 15 is 0 Å². The molecule has 27 heavy (non-hydrogen) atoms. The standard InChI is InChI=1S/C19H22F2N4O2/c1-24-17(26)14(12-3-2-4-13(20)15(12)21)16(22)23-18(24)25-8-5-19(6-9-25)7-10-27-11-19/h2-4H,5-11,22H2,1H3. The van der Waals surface area contributed by atoms with Crippen LogP contribution in [0.2, 0.25) is 0 Å².